The van der Waals surface area contributed by atoms with Gasteiger partial charge in [0, 0.05) is 31.6 Å². The summed E-state index contributed by atoms with van der Waals surface area (Å²) in [5.74, 6) is 0.00508. The first kappa shape index (κ1) is 19.5. The molecule has 2 N–H and O–H groups in total. The molecule has 1 unspecified atom stereocenters. The summed E-state index contributed by atoms with van der Waals surface area (Å²) in [5.41, 5.74) is 7.78. The lowest BCUT2D eigenvalue weighted by molar-refractivity contribution is -0.138. The third kappa shape index (κ3) is 3.86. The van der Waals surface area contributed by atoms with Gasteiger partial charge in [0.2, 0.25) is 5.91 Å². The Hall–Kier alpha value is -2.82. The summed E-state index contributed by atoms with van der Waals surface area (Å²) in [6.45, 7) is 2.53. The molecule has 2 fully saturated rings. The second-order valence-corrected chi connectivity index (χ2v) is 8.30. The summed E-state index contributed by atoms with van der Waals surface area (Å²) in [6.07, 6.45) is 3.63. The van der Waals surface area contributed by atoms with Gasteiger partial charge in [-0.1, -0.05) is 60.7 Å². The van der Waals surface area contributed by atoms with Crippen LogP contribution in [0.5, 0.6) is 0 Å². The highest BCUT2D eigenvalue weighted by Gasteiger charge is 2.41. The van der Waals surface area contributed by atoms with Crippen molar-refractivity contribution >= 4 is 11.9 Å². The smallest absolute Gasteiger partial charge is 0.314 e. The second-order valence-electron chi connectivity index (χ2n) is 8.30. The summed E-state index contributed by atoms with van der Waals surface area (Å²) in [7, 11) is 0. The minimum atomic E-state index is -0.427. The van der Waals surface area contributed by atoms with E-state index in [4.69, 9.17) is 5.73 Å². The highest BCUT2D eigenvalue weighted by molar-refractivity contribution is 5.81. The fourth-order valence-corrected chi connectivity index (χ4v) is 5.03. The van der Waals surface area contributed by atoms with E-state index < -0.39 is 6.03 Å². The van der Waals surface area contributed by atoms with Gasteiger partial charge in [-0.05, 0) is 36.8 Å². The third-order valence-corrected chi connectivity index (χ3v) is 6.54. The van der Waals surface area contributed by atoms with Crippen molar-refractivity contribution < 1.29 is 9.59 Å². The Labute approximate surface area is 172 Å². The van der Waals surface area contributed by atoms with Crippen molar-refractivity contribution in [1.29, 1.82) is 0 Å². The van der Waals surface area contributed by atoms with Crippen molar-refractivity contribution in [2.45, 2.75) is 31.1 Å². The monoisotopic (exact) mass is 391 g/mol. The average Bonchev–Trinajstić information content (AvgIpc) is 2.80. The summed E-state index contributed by atoms with van der Waals surface area (Å²) in [5, 5.41) is 0. The SMILES string of the molecule is NC(=O)N1CCCC(C(=O)N2CCCC(c3ccccc3)(c3ccccc3)C2)C1. The van der Waals surface area contributed by atoms with Crippen molar-refractivity contribution in [3.63, 3.8) is 0 Å². The van der Waals surface area contributed by atoms with E-state index in [0.29, 0.717) is 19.6 Å². The molecule has 29 heavy (non-hydrogen) atoms. The summed E-state index contributed by atoms with van der Waals surface area (Å²) in [4.78, 5) is 28.6. The van der Waals surface area contributed by atoms with Gasteiger partial charge < -0.3 is 15.5 Å². The van der Waals surface area contributed by atoms with E-state index in [1.165, 1.54) is 11.1 Å². The Bertz CT molecular complexity index is 813. The number of urea groups is 1. The average molecular weight is 392 g/mol. The molecule has 2 saturated heterocycles. The summed E-state index contributed by atoms with van der Waals surface area (Å²) < 4.78 is 0. The fraction of sp³-hybridized carbons (Fsp3) is 0.417. The van der Waals surface area contributed by atoms with Crippen LogP contribution in [0.1, 0.15) is 36.8 Å². The number of nitrogens with two attached hydrogens (primary N) is 1. The van der Waals surface area contributed by atoms with Crippen molar-refractivity contribution in [1.82, 2.24) is 9.80 Å². The zero-order valence-electron chi connectivity index (χ0n) is 16.8. The molecule has 3 amide bonds. The molecule has 5 nitrogen and oxygen atoms in total. The third-order valence-electron chi connectivity index (χ3n) is 6.54. The predicted molar refractivity (Wildman–Crippen MR) is 113 cm³/mol. The number of benzene rings is 2. The van der Waals surface area contributed by atoms with Gasteiger partial charge in [0.15, 0.2) is 0 Å². The zero-order valence-corrected chi connectivity index (χ0v) is 16.8. The number of carbonyl (C=O) groups excluding carboxylic acids is 2. The molecule has 1 atom stereocenters. The van der Waals surface area contributed by atoms with Crippen LogP contribution in [-0.4, -0.2) is 47.9 Å². The highest BCUT2D eigenvalue weighted by atomic mass is 16.2. The van der Waals surface area contributed by atoms with Gasteiger partial charge in [-0.15, -0.1) is 0 Å². The minimum absolute atomic E-state index is 0.154. The Morgan fingerprint density at radius 1 is 0.862 bits per heavy atom. The molecule has 0 spiro atoms. The maximum absolute atomic E-state index is 13.4. The van der Waals surface area contributed by atoms with Crippen LogP contribution in [0.4, 0.5) is 4.79 Å². The van der Waals surface area contributed by atoms with Gasteiger partial charge in [-0.25, -0.2) is 4.79 Å². The van der Waals surface area contributed by atoms with E-state index >= 15 is 0 Å². The largest absolute Gasteiger partial charge is 0.351 e. The van der Waals surface area contributed by atoms with E-state index in [-0.39, 0.29) is 17.2 Å². The standard InChI is InChI=1S/C24H29N3O2/c25-23(29)26-15-7-9-19(17-26)22(28)27-16-8-14-24(18-27,20-10-3-1-4-11-20)21-12-5-2-6-13-21/h1-6,10-13,19H,7-9,14-18H2,(H2,25,29). The van der Waals surface area contributed by atoms with Gasteiger partial charge in [-0.2, -0.15) is 0 Å². The maximum Gasteiger partial charge on any atom is 0.314 e. The lowest BCUT2D eigenvalue weighted by Gasteiger charge is -2.45. The Morgan fingerprint density at radius 3 is 2.03 bits per heavy atom. The number of primary amides is 1. The minimum Gasteiger partial charge on any atom is -0.351 e. The second kappa shape index (κ2) is 8.27. The first-order valence-electron chi connectivity index (χ1n) is 10.5. The topological polar surface area (TPSA) is 66.6 Å². The predicted octanol–water partition coefficient (Wildman–Crippen LogP) is 3.39. The Balaban J connectivity index is 1.62. The van der Waals surface area contributed by atoms with Crippen molar-refractivity contribution in [2.24, 2.45) is 11.7 Å². The van der Waals surface area contributed by atoms with E-state index in [9.17, 15) is 9.59 Å². The molecule has 2 heterocycles. The van der Waals surface area contributed by atoms with Crippen LogP contribution in [0.25, 0.3) is 0 Å². The molecule has 0 aromatic heterocycles. The van der Waals surface area contributed by atoms with Gasteiger partial charge >= 0.3 is 6.03 Å². The van der Waals surface area contributed by atoms with E-state index in [1.807, 2.05) is 17.0 Å². The summed E-state index contributed by atoms with van der Waals surface area (Å²) >= 11 is 0. The van der Waals surface area contributed by atoms with Crippen LogP contribution in [0.15, 0.2) is 60.7 Å². The molecule has 152 valence electrons. The summed E-state index contributed by atoms with van der Waals surface area (Å²) in [6, 6.07) is 20.7. The van der Waals surface area contributed by atoms with E-state index in [0.717, 1.165) is 32.2 Å². The number of carbonyl (C=O) groups is 2. The number of hydrogen-bond acceptors (Lipinski definition) is 2. The van der Waals surface area contributed by atoms with Crippen LogP contribution in [0.2, 0.25) is 0 Å². The molecular weight excluding hydrogens is 362 g/mol. The van der Waals surface area contributed by atoms with Crippen molar-refractivity contribution in [3.8, 4) is 0 Å². The molecular formula is C24H29N3O2. The molecule has 0 bridgehead atoms. The van der Waals surface area contributed by atoms with Gasteiger partial charge in [-0.3, -0.25) is 4.79 Å². The van der Waals surface area contributed by atoms with Gasteiger partial charge in [0.25, 0.3) is 0 Å². The number of nitrogens with zero attached hydrogens (tertiary/aromatic N) is 2. The number of rotatable bonds is 3. The molecule has 0 radical (unpaired) electrons. The van der Waals surface area contributed by atoms with E-state index in [1.54, 1.807) is 4.90 Å². The quantitative estimate of drug-likeness (QED) is 0.872. The van der Waals surface area contributed by atoms with Crippen molar-refractivity contribution in [2.75, 3.05) is 26.2 Å². The van der Waals surface area contributed by atoms with Crippen LogP contribution in [0.3, 0.4) is 0 Å². The molecule has 0 saturated carbocycles. The molecule has 2 aliphatic heterocycles. The van der Waals surface area contributed by atoms with Crippen LogP contribution in [0, 0.1) is 5.92 Å². The first-order valence-corrected chi connectivity index (χ1v) is 10.5. The molecule has 5 heteroatoms. The molecule has 4 rings (SSSR count). The van der Waals surface area contributed by atoms with Crippen LogP contribution < -0.4 is 5.73 Å². The Kier molecular flexibility index (Phi) is 5.56. The number of piperidine rings is 2. The lowest BCUT2D eigenvalue weighted by Crippen LogP contribution is -2.53. The van der Waals surface area contributed by atoms with Crippen LogP contribution >= 0.6 is 0 Å². The number of likely N-dealkylation sites (tertiary alicyclic amines) is 2. The van der Waals surface area contributed by atoms with Gasteiger partial charge in [0.05, 0.1) is 5.92 Å². The van der Waals surface area contributed by atoms with Crippen LogP contribution in [-0.2, 0) is 10.2 Å². The normalized spacial score (nSPS) is 21.6. The molecule has 2 aromatic carbocycles. The number of amides is 3. The first-order chi connectivity index (χ1) is 14.1. The highest BCUT2D eigenvalue weighted by Crippen LogP contribution is 2.40. The van der Waals surface area contributed by atoms with Crippen molar-refractivity contribution in [3.05, 3.63) is 71.8 Å². The maximum atomic E-state index is 13.4. The molecule has 0 aliphatic carbocycles. The Morgan fingerprint density at radius 2 is 1.45 bits per heavy atom. The number of hydrogen-bond donors (Lipinski definition) is 1. The lowest BCUT2D eigenvalue weighted by atomic mass is 9.69. The fourth-order valence-electron chi connectivity index (χ4n) is 5.03. The molecule has 2 aliphatic rings. The molecule has 2 aromatic rings. The zero-order chi connectivity index (χ0) is 20.3. The van der Waals surface area contributed by atoms with E-state index in [2.05, 4.69) is 48.5 Å². The van der Waals surface area contributed by atoms with Gasteiger partial charge in [0.1, 0.15) is 0 Å².